The highest BCUT2D eigenvalue weighted by Gasteiger charge is 2.07. The summed E-state index contributed by atoms with van der Waals surface area (Å²) in [5.74, 6) is -1.13. The van der Waals surface area contributed by atoms with Crippen LogP contribution in [0.3, 0.4) is 0 Å². The van der Waals surface area contributed by atoms with Gasteiger partial charge in [0.15, 0.2) is 6.61 Å². The third kappa shape index (κ3) is 4.49. The predicted molar refractivity (Wildman–Crippen MR) is 42.4 cm³/mol. The standard InChI is InChI=1S/C8H12O4/c1-4-11-7(9)5-12-8(10)6(2)3/h2,4-5H2,1,3H3. The summed E-state index contributed by atoms with van der Waals surface area (Å²) in [6, 6.07) is 0. The molecule has 68 valence electrons. The van der Waals surface area contributed by atoms with E-state index in [0.29, 0.717) is 0 Å². The molecule has 0 rings (SSSR count). The van der Waals surface area contributed by atoms with Crippen LogP contribution in [0, 0.1) is 0 Å². The van der Waals surface area contributed by atoms with E-state index in [0.717, 1.165) is 0 Å². The molecule has 0 saturated carbocycles. The van der Waals surface area contributed by atoms with Gasteiger partial charge in [0.25, 0.3) is 0 Å². The van der Waals surface area contributed by atoms with Crippen molar-refractivity contribution < 1.29 is 19.1 Å². The highest BCUT2D eigenvalue weighted by atomic mass is 16.6. The quantitative estimate of drug-likeness (QED) is 0.462. The number of rotatable bonds is 4. The van der Waals surface area contributed by atoms with Gasteiger partial charge in [-0.05, 0) is 13.8 Å². The van der Waals surface area contributed by atoms with Crippen LogP contribution < -0.4 is 0 Å². The molecular formula is C8H12O4. The smallest absolute Gasteiger partial charge is 0.344 e. The number of esters is 2. The summed E-state index contributed by atoms with van der Waals surface area (Å²) in [4.78, 5) is 21.4. The van der Waals surface area contributed by atoms with Crippen LogP contribution in [0.25, 0.3) is 0 Å². The Labute approximate surface area is 71.2 Å². The number of hydrogen-bond acceptors (Lipinski definition) is 4. The molecule has 0 bridgehead atoms. The summed E-state index contributed by atoms with van der Waals surface area (Å²) in [5, 5.41) is 0. The van der Waals surface area contributed by atoms with Crippen molar-refractivity contribution in [3.63, 3.8) is 0 Å². The zero-order valence-corrected chi connectivity index (χ0v) is 7.25. The van der Waals surface area contributed by atoms with Crippen LogP contribution in [-0.4, -0.2) is 25.2 Å². The monoisotopic (exact) mass is 172 g/mol. The minimum atomic E-state index is -0.581. The molecule has 4 nitrogen and oxygen atoms in total. The van der Waals surface area contributed by atoms with E-state index in [-0.39, 0.29) is 18.8 Å². The summed E-state index contributed by atoms with van der Waals surface area (Å²) in [7, 11) is 0. The van der Waals surface area contributed by atoms with Crippen molar-refractivity contribution in [3.8, 4) is 0 Å². The topological polar surface area (TPSA) is 52.6 Å². The zero-order valence-electron chi connectivity index (χ0n) is 7.25. The second-order valence-electron chi connectivity index (χ2n) is 2.16. The molecule has 0 aliphatic rings. The Morgan fingerprint density at radius 3 is 2.33 bits per heavy atom. The van der Waals surface area contributed by atoms with Gasteiger partial charge in [-0.3, -0.25) is 0 Å². The highest BCUT2D eigenvalue weighted by molar-refractivity contribution is 5.88. The fourth-order valence-corrected chi connectivity index (χ4v) is 0.450. The Hall–Kier alpha value is -1.32. The molecule has 0 saturated heterocycles. The van der Waals surface area contributed by atoms with E-state index in [1.165, 1.54) is 6.92 Å². The summed E-state index contributed by atoms with van der Waals surface area (Å²) in [6.07, 6.45) is 0. The van der Waals surface area contributed by atoms with E-state index in [2.05, 4.69) is 16.1 Å². The Morgan fingerprint density at radius 2 is 1.92 bits per heavy atom. The van der Waals surface area contributed by atoms with Gasteiger partial charge in [0, 0.05) is 5.57 Å². The first-order valence-electron chi connectivity index (χ1n) is 3.56. The Balaban J connectivity index is 3.61. The van der Waals surface area contributed by atoms with E-state index in [1.807, 2.05) is 0 Å². The lowest BCUT2D eigenvalue weighted by Crippen LogP contribution is -2.16. The molecule has 0 N–H and O–H groups in total. The van der Waals surface area contributed by atoms with Gasteiger partial charge >= 0.3 is 11.9 Å². The molecule has 0 atom stereocenters. The first kappa shape index (κ1) is 10.7. The summed E-state index contributed by atoms with van der Waals surface area (Å²) >= 11 is 0. The highest BCUT2D eigenvalue weighted by Crippen LogP contribution is 1.92. The van der Waals surface area contributed by atoms with Crippen LogP contribution in [0.2, 0.25) is 0 Å². The van der Waals surface area contributed by atoms with Crippen LogP contribution in [0.4, 0.5) is 0 Å². The van der Waals surface area contributed by atoms with Crippen molar-refractivity contribution in [2.75, 3.05) is 13.2 Å². The third-order valence-electron chi connectivity index (χ3n) is 0.975. The van der Waals surface area contributed by atoms with Gasteiger partial charge in [-0.2, -0.15) is 0 Å². The van der Waals surface area contributed by atoms with Gasteiger partial charge in [0.2, 0.25) is 0 Å². The lowest BCUT2D eigenvalue weighted by molar-refractivity contribution is -0.156. The molecule has 0 aliphatic heterocycles. The lowest BCUT2D eigenvalue weighted by atomic mass is 10.4. The van der Waals surface area contributed by atoms with Gasteiger partial charge in [-0.1, -0.05) is 6.58 Å². The van der Waals surface area contributed by atoms with Crippen LogP contribution in [0.15, 0.2) is 12.2 Å². The number of ether oxygens (including phenoxy) is 2. The Bertz CT molecular complexity index is 195. The molecule has 0 aromatic carbocycles. The van der Waals surface area contributed by atoms with Crippen molar-refractivity contribution in [3.05, 3.63) is 12.2 Å². The summed E-state index contributed by atoms with van der Waals surface area (Å²) in [6.45, 7) is 6.47. The van der Waals surface area contributed by atoms with Crippen molar-refractivity contribution in [1.82, 2.24) is 0 Å². The maximum atomic E-state index is 10.7. The molecule has 0 aliphatic carbocycles. The number of carbonyl (C=O) groups is 2. The third-order valence-corrected chi connectivity index (χ3v) is 0.975. The SMILES string of the molecule is C=C(C)C(=O)OCC(=O)OCC. The second kappa shape index (κ2) is 5.35. The Morgan fingerprint density at radius 1 is 1.33 bits per heavy atom. The minimum absolute atomic E-state index is 0.263. The maximum Gasteiger partial charge on any atom is 0.344 e. The van der Waals surface area contributed by atoms with Crippen molar-refractivity contribution >= 4 is 11.9 Å². The van der Waals surface area contributed by atoms with Crippen LogP contribution >= 0.6 is 0 Å². The lowest BCUT2D eigenvalue weighted by Gasteiger charge is -2.02. The summed E-state index contributed by atoms with van der Waals surface area (Å²) < 4.78 is 9.03. The molecule has 0 spiro atoms. The molecule has 0 aromatic rings. The zero-order chi connectivity index (χ0) is 9.56. The molecule has 0 fully saturated rings. The average Bonchev–Trinajstić information content (AvgIpc) is 2.00. The van der Waals surface area contributed by atoms with Crippen molar-refractivity contribution in [2.45, 2.75) is 13.8 Å². The van der Waals surface area contributed by atoms with Gasteiger partial charge in [-0.25, -0.2) is 9.59 Å². The first-order valence-corrected chi connectivity index (χ1v) is 3.56. The van der Waals surface area contributed by atoms with Crippen LogP contribution in [0.5, 0.6) is 0 Å². The summed E-state index contributed by atoms with van der Waals surface area (Å²) in [5.41, 5.74) is 0.263. The van der Waals surface area contributed by atoms with Gasteiger partial charge in [0.1, 0.15) is 0 Å². The van der Waals surface area contributed by atoms with Crippen molar-refractivity contribution in [2.24, 2.45) is 0 Å². The van der Waals surface area contributed by atoms with Crippen LogP contribution in [0.1, 0.15) is 13.8 Å². The fourth-order valence-electron chi connectivity index (χ4n) is 0.450. The molecule has 0 aromatic heterocycles. The van der Waals surface area contributed by atoms with Gasteiger partial charge < -0.3 is 9.47 Å². The van der Waals surface area contributed by atoms with E-state index in [9.17, 15) is 9.59 Å². The first-order chi connectivity index (χ1) is 5.57. The largest absolute Gasteiger partial charge is 0.463 e. The van der Waals surface area contributed by atoms with Gasteiger partial charge in [0.05, 0.1) is 6.61 Å². The molecular weight excluding hydrogens is 160 g/mol. The number of hydrogen-bond donors (Lipinski definition) is 0. The molecule has 0 unspecified atom stereocenters. The minimum Gasteiger partial charge on any atom is -0.463 e. The Kier molecular flexibility index (Phi) is 4.76. The van der Waals surface area contributed by atoms with Gasteiger partial charge in [-0.15, -0.1) is 0 Å². The number of carbonyl (C=O) groups excluding carboxylic acids is 2. The molecule has 0 heterocycles. The molecule has 12 heavy (non-hydrogen) atoms. The maximum absolute atomic E-state index is 10.7. The molecule has 0 amide bonds. The van der Waals surface area contributed by atoms with Crippen LogP contribution in [-0.2, 0) is 19.1 Å². The normalized spacial score (nSPS) is 8.83. The van der Waals surface area contributed by atoms with E-state index >= 15 is 0 Å². The average molecular weight is 172 g/mol. The van der Waals surface area contributed by atoms with E-state index in [1.54, 1.807) is 6.92 Å². The van der Waals surface area contributed by atoms with E-state index in [4.69, 9.17) is 0 Å². The fraction of sp³-hybridized carbons (Fsp3) is 0.500. The second-order valence-corrected chi connectivity index (χ2v) is 2.16. The van der Waals surface area contributed by atoms with E-state index < -0.39 is 11.9 Å². The predicted octanol–water partition coefficient (Wildman–Crippen LogP) is 0.669. The molecule has 4 heteroatoms. The molecule has 0 radical (unpaired) electrons. The van der Waals surface area contributed by atoms with Crippen molar-refractivity contribution in [1.29, 1.82) is 0 Å².